The van der Waals surface area contributed by atoms with Gasteiger partial charge in [-0.15, -0.1) is 0 Å². The van der Waals surface area contributed by atoms with Gasteiger partial charge in [0.1, 0.15) is 11.6 Å². The van der Waals surface area contributed by atoms with Gasteiger partial charge in [0.2, 0.25) is 0 Å². The highest BCUT2D eigenvalue weighted by atomic mass is 19.1. The number of hydrogen-bond acceptors (Lipinski definition) is 2. The molecule has 1 heterocycles. The van der Waals surface area contributed by atoms with Crippen LogP contribution in [0.15, 0.2) is 29.8 Å². The van der Waals surface area contributed by atoms with Crippen LogP contribution < -0.4 is 5.32 Å². The van der Waals surface area contributed by atoms with Crippen molar-refractivity contribution in [3.63, 3.8) is 0 Å². The Balaban J connectivity index is 1.75. The molecule has 0 aromatic heterocycles. The predicted molar refractivity (Wildman–Crippen MR) is 82.1 cm³/mol. The van der Waals surface area contributed by atoms with Crippen molar-refractivity contribution < 1.29 is 8.78 Å². The lowest BCUT2D eigenvalue weighted by molar-refractivity contribution is 0.214. The zero-order valence-electron chi connectivity index (χ0n) is 12.8. The van der Waals surface area contributed by atoms with Gasteiger partial charge in [0, 0.05) is 30.8 Å². The molecule has 1 N–H and O–H groups in total. The van der Waals surface area contributed by atoms with Crippen LogP contribution in [0.3, 0.4) is 0 Å². The summed E-state index contributed by atoms with van der Waals surface area (Å²) in [5.74, 6) is -0.993. The minimum atomic E-state index is -0.524. The Kier molecular flexibility index (Phi) is 5.88. The molecule has 1 aliphatic rings. The molecule has 1 aromatic rings. The molecular weight excluding hydrogens is 270 g/mol. The second-order valence-electron chi connectivity index (χ2n) is 5.97. The fraction of sp³-hybridized carbons (Fsp3) is 0.529. The van der Waals surface area contributed by atoms with Crippen molar-refractivity contribution in [3.8, 4) is 0 Å². The molecule has 0 amide bonds. The Morgan fingerprint density at radius 1 is 1.29 bits per heavy atom. The van der Waals surface area contributed by atoms with Crippen molar-refractivity contribution in [2.45, 2.75) is 39.3 Å². The summed E-state index contributed by atoms with van der Waals surface area (Å²) in [4.78, 5) is 2.43. The van der Waals surface area contributed by atoms with E-state index in [9.17, 15) is 8.78 Å². The molecule has 1 fully saturated rings. The first kappa shape index (κ1) is 16.1. The first-order chi connectivity index (χ1) is 10.0. The minimum Gasteiger partial charge on any atom is -0.310 e. The average Bonchev–Trinajstić information content (AvgIpc) is 2.45. The Morgan fingerprint density at radius 2 is 2.00 bits per heavy atom. The van der Waals surface area contributed by atoms with Gasteiger partial charge in [0.25, 0.3) is 0 Å². The lowest BCUT2D eigenvalue weighted by Crippen LogP contribution is -2.42. The molecule has 0 spiro atoms. The molecule has 21 heavy (non-hydrogen) atoms. The molecule has 116 valence electrons. The number of likely N-dealkylation sites (tertiary alicyclic amines) is 1. The molecule has 0 aliphatic carbocycles. The lowest BCUT2D eigenvalue weighted by Gasteiger charge is -2.31. The highest BCUT2D eigenvalue weighted by Gasteiger charge is 2.18. The van der Waals surface area contributed by atoms with Gasteiger partial charge in [-0.1, -0.05) is 17.7 Å². The number of allylic oxidation sites excluding steroid dienone is 1. The van der Waals surface area contributed by atoms with Crippen LogP contribution in [0.4, 0.5) is 8.78 Å². The summed E-state index contributed by atoms with van der Waals surface area (Å²) in [6.07, 6.45) is 4.39. The van der Waals surface area contributed by atoms with Crippen molar-refractivity contribution in [2.24, 2.45) is 0 Å². The van der Waals surface area contributed by atoms with Gasteiger partial charge in [-0.2, -0.15) is 0 Å². The Morgan fingerprint density at radius 3 is 2.62 bits per heavy atom. The topological polar surface area (TPSA) is 15.3 Å². The van der Waals surface area contributed by atoms with Gasteiger partial charge in [0.05, 0.1) is 0 Å². The molecule has 1 aliphatic heterocycles. The zero-order valence-corrected chi connectivity index (χ0v) is 12.8. The van der Waals surface area contributed by atoms with E-state index >= 15 is 0 Å². The normalized spacial score (nSPS) is 17.0. The maximum atomic E-state index is 13.5. The number of rotatable bonds is 5. The molecule has 0 bridgehead atoms. The maximum Gasteiger partial charge on any atom is 0.130 e. The van der Waals surface area contributed by atoms with Gasteiger partial charge in [-0.25, -0.2) is 8.78 Å². The summed E-state index contributed by atoms with van der Waals surface area (Å²) in [5.41, 5.74) is 1.88. The molecule has 4 heteroatoms. The Hall–Kier alpha value is -1.26. The standard InChI is InChI=1S/C17H24F2N2/c1-13(2)5-8-21-9-6-16(7-10-21)20-12-14-3-4-15(18)11-17(14)19/h3-5,11,16,20H,6-10,12H2,1-2H3. The molecule has 0 radical (unpaired) electrons. The third-order valence-electron chi connectivity index (χ3n) is 3.94. The van der Waals surface area contributed by atoms with E-state index in [0.29, 0.717) is 18.2 Å². The average molecular weight is 294 g/mol. The van der Waals surface area contributed by atoms with Crippen LogP contribution in [0.1, 0.15) is 32.3 Å². The van der Waals surface area contributed by atoms with E-state index in [4.69, 9.17) is 0 Å². The SMILES string of the molecule is CC(C)=CCN1CCC(NCc2ccc(F)cc2F)CC1. The van der Waals surface area contributed by atoms with Gasteiger partial charge in [-0.05, 0) is 45.8 Å². The molecule has 1 aromatic carbocycles. The molecule has 0 saturated carbocycles. The van der Waals surface area contributed by atoms with Crippen LogP contribution in [-0.2, 0) is 6.54 Å². The Labute approximate surface area is 125 Å². The fourth-order valence-electron chi connectivity index (χ4n) is 2.55. The van der Waals surface area contributed by atoms with E-state index in [1.54, 1.807) is 0 Å². The monoisotopic (exact) mass is 294 g/mol. The van der Waals surface area contributed by atoms with Crippen LogP contribution in [0.5, 0.6) is 0 Å². The van der Waals surface area contributed by atoms with E-state index in [1.165, 1.54) is 17.7 Å². The quantitative estimate of drug-likeness (QED) is 0.836. The van der Waals surface area contributed by atoms with E-state index in [2.05, 4.69) is 30.1 Å². The summed E-state index contributed by atoms with van der Waals surface area (Å²) < 4.78 is 26.4. The van der Waals surface area contributed by atoms with Crippen LogP contribution >= 0.6 is 0 Å². The highest BCUT2D eigenvalue weighted by Crippen LogP contribution is 2.13. The van der Waals surface area contributed by atoms with E-state index in [1.807, 2.05) is 0 Å². The molecule has 0 atom stereocenters. The van der Waals surface area contributed by atoms with Crippen molar-refractivity contribution in [1.29, 1.82) is 0 Å². The number of piperidine rings is 1. The van der Waals surface area contributed by atoms with Crippen LogP contribution in [-0.4, -0.2) is 30.6 Å². The highest BCUT2D eigenvalue weighted by molar-refractivity contribution is 5.18. The fourth-order valence-corrected chi connectivity index (χ4v) is 2.55. The minimum absolute atomic E-state index is 0.414. The zero-order chi connectivity index (χ0) is 15.2. The van der Waals surface area contributed by atoms with Crippen molar-refractivity contribution in [3.05, 3.63) is 47.0 Å². The smallest absolute Gasteiger partial charge is 0.130 e. The van der Waals surface area contributed by atoms with Crippen molar-refractivity contribution >= 4 is 0 Å². The lowest BCUT2D eigenvalue weighted by atomic mass is 10.0. The van der Waals surface area contributed by atoms with E-state index < -0.39 is 11.6 Å². The molecular formula is C17H24F2N2. The number of benzene rings is 1. The van der Waals surface area contributed by atoms with Crippen LogP contribution in [0.2, 0.25) is 0 Å². The first-order valence-corrected chi connectivity index (χ1v) is 7.57. The van der Waals surface area contributed by atoms with Crippen molar-refractivity contribution in [1.82, 2.24) is 10.2 Å². The largest absolute Gasteiger partial charge is 0.310 e. The Bertz CT molecular complexity index is 488. The number of halogens is 2. The second-order valence-corrected chi connectivity index (χ2v) is 5.97. The summed E-state index contributed by atoms with van der Waals surface area (Å²) in [6.45, 7) is 7.84. The van der Waals surface area contributed by atoms with Crippen LogP contribution in [0, 0.1) is 11.6 Å². The van der Waals surface area contributed by atoms with Gasteiger partial charge >= 0.3 is 0 Å². The molecule has 1 saturated heterocycles. The van der Waals surface area contributed by atoms with Gasteiger partial charge in [0.15, 0.2) is 0 Å². The summed E-state index contributed by atoms with van der Waals surface area (Å²) >= 11 is 0. The van der Waals surface area contributed by atoms with E-state index in [-0.39, 0.29) is 0 Å². The van der Waals surface area contributed by atoms with Gasteiger partial charge in [-0.3, -0.25) is 4.90 Å². The summed E-state index contributed by atoms with van der Waals surface area (Å²) in [5, 5.41) is 3.38. The number of nitrogens with zero attached hydrogens (tertiary/aromatic N) is 1. The van der Waals surface area contributed by atoms with E-state index in [0.717, 1.165) is 38.5 Å². The molecule has 2 rings (SSSR count). The summed E-state index contributed by atoms with van der Waals surface area (Å²) in [7, 11) is 0. The van der Waals surface area contributed by atoms with Gasteiger partial charge < -0.3 is 5.32 Å². The third kappa shape index (κ3) is 5.21. The first-order valence-electron chi connectivity index (χ1n) is 7.57. The van der Waals surface area contributed by atoms with Crippen LogP contribution in [0.25, 0.3) is 0 Å². The number of nitrogens with one attached hydrogen (secondary N) is 1. The molecule has 2 nitrogen and oxygen atoms in total. The molecule has 0 unspecified atom stereocenters. The van der Waals surface area contributed by atoms with Crippen molar-refractivity contribution in [2.75, 3.05) is 19.6 Å². The summed E-state index contributed by atoms with van der Waals surface area (Å²) in [6, 6.07) is 4.18. The predicted octanol–water partition coefficient (Wildman–Crippen LogP) is 3.49. The maximum absolute atomic E-state index is 13.5. The second kappa shape index (κ2) is 7.66. The number of hydrogen-bond donors (Lipinski definition) is 1. The third-order valence-corrected chi connectivity index (χ3v) is 3.94.